The van der Waals surface area contributed by atoms with E-state index < -0.39 is 0 Å². The number of fused-ring (bicyclic) bond motifs is 3. The molecule has 0 atom stereocenters. The van der Waals surface area contributed by atoms with E-state index >= 15 is 0 Å². The van der Waals surface area contributed by atoms with Gasteiger partial charge >= 0.3 is 0 Å². The summed E-state index contributed by atoms with van der Waals surface area (Å²) in [5.74, 6) is 0.351. The SMILES string of the molecule is CC(/C=N\Nc1nnc2c(n1)[nH]c1ccc(C)cc12)=C\c1ccccc1. The second-order valence-corrected chi connectivity index (χ2v) is 6.18. The van der Waals surface area contributed by atoms with Crippen molar-refractivity contribution in [1.82, 2.24) is 20.2 Å². The van der Waals surface area contributed by atoms with Crippen LogP contribution in [0.25, 0.3) is 28.1 Å². The van der Waals surface area contributed by atoms with Crippen LogP contribution >= 0.6 is 0 Å². The molecule has 128 valence electrons. The molecule has 26 heavy (non-hydrogen) atoms. The van der Waals surface area contributed by atoms with Gasteiger partial charge in [-0.2, -0.15) is 10.1 Å². The predicted molar refractivity (Wildman–Crippen MR) is 106 cm³/mol. The highest BCUT2D eigenvalue weighted by Crippen LogP contribution is 2.23. The molecule has 6 nitrogen and oxygen atoms in total. The summed E-state index contributed by atoms with van der Waals surface area (Å²) < 4.78 is 0. The molecular weight excluding hydrogens is 324 g/mol. The molecule has 0 bridgehead atoms. The molecule has 0 fully saturated rings. The Hall–Kier alpha value is -3.54. The van der Waals surface area contributed by atoms with Gasteiger partial charge in [-0.3, -0.25) is 0 Å². The summed E-state index contributed by atoms with van der Waals surface area (Å²) in [6, 6.07) is 16.2. The van der Waals surface area contributed by atoms with Crippen LogP contribution in [0.3, 0.4) is 0 Å². The van der Waals surface area contributed by atoms with Crippen molar-refractivity contribution < 1.29 is 0 Å². The van der Waals surface area contributed by atoms with Crippen molar-refractivity contribution in [1.29, 1.82) is 0 Å². The molecule has 2 N–H and O–H groups in total. The summed E-state index contributed by atoms with van der Waals surface area (Å²) in [6.07, 6.45) is 3.78. The van der Waals surface area contributed by atoms with E-state index in [1.54, 1.807) is 6.21 Å². The molecule has 0 unspecified atom stereocenters. The lowest BCUT2D eigenvalue weighted by molar-refractivity contribution is 1.01. The van der Waals surface area contributed by atoms with Gasteiger partial charge in [-0.15, -0.1) is 10.2 Å². The fourth-order valence-electron chi connectivity index (χ4n) is 2.77. The molecule has 6 heteroatoms. The summed E-state index contributed by atoms with van der Waals surface area (Å²) in [4.78, 5) is 7.71. The number of hydrazone groups is 1. The van der Waals surface area contributed by atoms with Crippen LogP contribution in [0.1, 0.15) is 18.1 Å². The number of allylic oxidation sites excluding steroid dienone is 1. The van der Waals surface area contributed by atoms with Gasteiger partial charge in [-0.25, -0.2) is 5.43 Å². The molecule has 2 heterocycles. The van der Waals surface area contributed by atoms with Crippen molar-refractivity contribution in [3.63, 3.8) is 0 Å². The van der Waals surface area contributed by atoms with Crippen molar-refractivity contribution in [2.45, 2.75) is 13.8 Å². The van der Waals surface area contributed by atoms with Crippen molar-refractivity contribution in [2.24, 2.45) is 5.10 Å². The second-order valence-electron chi connectivity index (χ2n) is 6.18. The number of hydrogen-bond donors (Lipinski definition) is 2. The van der Waals surface area contributed by atoms with Gasteiger partial charge in [0.15, 0.2) is 5.65 Å². The Bertz CT molecular complexity index is 1130. The topological polar surface area (TPSA) is 78.8 Å². The average molecular weight is 342 g/mol. The largest absolute Gasteiger partial charge is 0.338 e. The number of aromatic amines is 1. The van der Waals surface area contributed by atoms with Crippen LogP contribution in [0, 0.1) is 6.92 Å². The van der Waals surface area contributed by atoms with Crippen LogP contribution in [-0.2, 0) is 0 Å². The number of H-pyrrole nitrogens is 1. The van der Waals surface area contributed by atoms with Crippen LogP contribution in [-0.4, -0.2) is 26.4 Å². The quantitative estimate of drug-likeness (QED) is 0.428. The summed E-state index contributed by atoms with van der Waals surface area (Å²) in [5, 5.41) is 13.6. The molecule has 4 aromatic rings. The minimum atomic E-state index is 0.351. The van der Waals surface area contributed by atoms with Crippen LogP contribution < -0.4 is 5.43 Å². The number of nitrogens with one attached hydrogen (secondary N) is 2. The number of benzene rings is 2. The Balaban J connectivity index is 1.54. The zero-order chi connectivity index (χ0) is 17.9. The van der Waals surface area contributed by atoms with Gasteiger partial charge in [0.05, 0.1) is 6.21 Å². The maximum atomic E-state index is 4.45. The molecule has 0 aliphatic carbocycles. The van der Waals surface area contributed by atoms with Gasteiger partial charge in [0, 0.05) is 10.9 Å². The van der Waals surface area contributed by atoms with E-state index in [0.717, 1.165) is 27.6 Å². The standard InChI is InChI=1S/C20H18N6/c1-13-8-9-17-16(11-13)18-19(22-17)23-20(26-24-18)25-21-12-14(2)10-15-6-4-3-5-7-15/h3-12H,1-2H3,(H2,22,23,25,26)/b14-10+,21-12-. The number of hydrogen-bond acceptors (Lipinski definition) is 5. The highest BCUT2D eigenvalue weighted by molar-refractivity contribution is 6.03. The van der Waals surface area contributed by atoms with Crippen molar-refractivity contribution in [3.8, 4) is 0 Å². The maximum Gasteiger partial charge on any atom is 0.265 e. The fourth-order valence-corrected chi connectivity index (χ4v) is 2.77. The van der Waals surface area contributed by atoms with Gasteiger partial charge in [0.2, 0.25) is 0 Å². The van der Waals surface area contributed by atoms with E-state index in [4.69, 9.17) is 0 Å². The molecule has 0 aliphatic rings. The van der Waals surface area contributed by atoms with Crippen LogP contribution in [0.4, 0.5) is 5.95 Å². The highest BCUT2D eigenvalue weighted by atomic mass is 15.4. The number of aryl methyl sites for hydroxylation is 1. The third-order valence-electron chi connectivity index (χ3n) is 4.00. The lowest BCUT2D eigenvalue weighted by atomic mass is 10.1. The minimum absolute atomic E-state index is 0.351. The van der Waals surface area contributed by atoms with Crippen LogP contribution in [0.2, 0.25) is 0 Å². The Morgan fingerprint density at radius 3 is 2.81 bits per heavy atom. The first-order valence-electron chi connectivity index (χ1n) is 8.34. The zero-order valence-electron chi connectivity index (χ0n) is 14.6. The van der Waals surface area contributed by atoms with E-state index in [2.05, 4.69) is 49.7 Å². The molecular formula is C20H18N6. The summed E-state index contributed by atoms with van der Waals surface area (Å²) in [7, 11) is 0. The number of anilines is 1. The summed E-state index contributed by atoms with van der Waals surface area (Å²) >= 11 is 0. The van der Waals surface area contributed by atoms with Crippen LogP contribution in [0.5, 0.6) is 0 Å². The molecule has 2 aromatic heterocycles. The molecule has 0 saturated heterocycles. The van der Waals surface area contributed by atoms with Crippen molar-refractivity contribution in [2.75, 3.05) is 5.43 Å². The second kappa shape index (κ2) is 6.76. The summed E-state index contributed by atoms with van der Waals surface area (Å²) in [6.45, 7) is 4.04. The molecule has 2 aromatic carbocycles. The van der Waals surface area contributed by atoms with E-state index in [1.807, 2.05) is 49.4 Å². The fraction of sp³-hybridized carbons (Fsp3) is 0.100. The maximum absolute atomic E-state index is 4.45. The lowest BCUT2D eigenvalue weighted by Crippen LogP contribution is -1.98. The first-order chi connectivity index (χ1) is 12.7. The molecule has 0 saturated carbocycles. The monoisotopic (exact) mass is 342 g/mol. The van der Waals surface area contributed by atoms with Crippen molar-refractivity contribution >= 4 is 40.3 Å². The average Bonchev–Trinajstić information content (AvgIpc) is 2.99. The smallest absolute Gasteiger partial charge is 0.265 e. The van der Waals surface area contributed by atoms with Gasteiger partial charge in [-0.1, -0.05) is 48.0 Å². The van der Waals surface area contributed by atoms with Gasteiger partial charge < -0.3 is 4.98 Å². The third-order valence-corrected chi connectivity index (χ3v) is 4.00. The Morgan fingerprint density at radius 2 is 1.96 bits per heavy atom. The van der Waals surface area contributed by atoms with Gasteiger partial charge in [-0.05, 0) is 37.1 Å². The first kappa shape index (κ1) is 16.0. The molecule has 0 aliphatic heterocycles. The predicted octanol–water partition coefficient (Wildman–Crippen LogP) is 4.32. The van der Waals surface area contributed by atoms with Gasteiger partial charge in [0.25, 0.3) is 5.95 Å². The van der Waals surface area contributed by atoms with E-state index in [-0.39, 0.29) is 0 Å². The lowest BCUT2D eigenvalue weighted by Gasteiger charge is -1.98. The zero-order valence-corrected chi connectivity index (χ0v) is 14.6. The first-order valence-corrected chi connectivity index (χ1v) is 8.34. The van der Waals surface area contributed by atoms with E-state index in [9.17, 15) is 0 Å². The molecule has 4 rings (SSSR count). The van der Waals surface area contributed by atoms with Crippen molar-refractivity contribution in [3.05, 3.63) is 65.2 Å². The number of rotatable bonds is 4. The molecule has 0 spiro atoms. The molecule has 0 radical (unpaired) electrons. The highest BCUT2D eigenvalue weighted by Gasteiger charge is 2.08. The van der Waals surface area contributed by atoms with E-state index in [0.29, 0.717) is 11.6 Å². The van der Waals surface area contributed by atoms with Crippen LogP contribution in [0.15, 0.2) is 59.2 Å². The Labute approximate surface area is 150 Å². The third kappa shape index (κ3) is 3.30. The summed E-state index contributed by atoms with van der Waals surface area (Å²) in [5.41, 5.74) is 8.60. The number of aromatic nitrogens is 4. The Morgan fingerprint density at radius 1 is 1.12 bits per heavy atom. The van der Waals surface area contributed by atoms with Gasteiger partial charge in [0.1, 0.15) is 5.52 Å². The minimum Gasteiger partial charge on any atom is -0.338 e. The normalized spacial score (nSPS) is 12.3. The Kier molecular flexibility index (Phi) is 4.15. The molecule has 0 amide bonds. The van der Waals surface area contributed by atoms with E-state index in [1.165, 1.54) is 5.56 Å². The number of nitrogens with zero attached hydrogens (tertiary/aromatic N) is 4.